The Morgan fingerprint density at radius 2 is 2.30 bits per heavy atom. The summed E-state index contributed by atoms with van der Waals surface area (Å²) in [6, 6.07) is 0. The standard InChI is InChI=1S/C5H5NO3S/c1-2-9-4(7)5(8)10-3-6/h2H2,1H3. The second-order valence-corrected chi connectivity index (χ2v) is 1.96. The first-order chi connectivity index (χ1) is 4.72. The molecule has 0 unspecified atom stereocenters. The summed E-state index contributed by atoms with van der Waals surface area (Å²) < 4.78 is 4.30. The topological polar surface area (TPSA) is 67.2 Å². The first kappa shape index (κ1) is 8.98. The Kier molecular flexibility index (Phi) is 4.33. The average Bonchev–Trinajstić information content (AvgIpc) is 1.89. The maximum atomic E-state index is 10.4. The lowest BCUT2D eigenvalue weighted by Gasteiger charge is -1.94. The molecule has 0 aromatic carbocycles. The third-order valence-electron chi connectivity index (χ3n) is 0.580. The zero-order valence-electron chi connectivity index (χ0n) is 5.29. The minimum atomic E-state index is -0.964. The van der Waals surface area contributed by atoms with Gasteiger partial charge in [-0.15, -0.1) is 0 Å². The van der Waals surface area contributed by atoms with E-state index in [9.17, 15) is 9.59 Å². The monoisotopic (exact) mass is 159 g/mol. The zero-order chi connectivity index (χ0) is 7.98. The molecule has 0 bridgehead atoms. The van der Waals surface area contributed by atoms with Crippen LogP contribution in [0.2, 0.25) is 0 Å². The van der Waals surface area contributed by atoms with Crippen LogP contribution in [-0.2, 0) is 14.3 Å². The summed E-state index contributed by atoms with van der Waals surface area (Å²) in [4.78, 5) is 20.8. The Labute approximate surface area is 62.2 Å². The number of carbonyl (C=O) groups excluding carboxylic acids is 2. The van der Waals surface area contributed by atoms with Gasteiger partial charge in [0.2, 0.25) is 0 Å². The Morgan fingerprint density at radius 1 is 1.70 bits per heavy atom. The quantitative estimate of drug-likeness (QED) is 0.312. The summed E-state index contributed by atoms with van der Waals surface area (Å²) in [5.74, 6) is -0.964. The molecule has 0 fully saturated rings. The number of nitrogens with zero attached hydrogens (tertiary/aromatic N) is 1. The molecule has 10 heavy (non-hydrogen) atoms. The SMILES string of the molecule is CCOC(=O)C(=O)SC#N. The van der Waals surface area contributed by atoms with Gasteiger partial charge in [-0.3, -0.25) is 4.79 Å². The Morgan fingerprint density at radius 3 is 2.70 bits per heavy atom. The van der Waals surface area contributed by atoms with Crippen molar-refractivity contribution in [1.29, 1.82) is 5.26 Å². The number of nitriles is 1. The van der Waals surface area contributed by atoms with Gasteiger partial charge >= 0.3 is 11.1 Å². The van der Waals surface area contributed by atoms with Gasteiger partial charge in [-0.05, 0) is 6.92 Å². The molecule has 54 valence electrons. The Hall–Kier alpha value is -1.02. The van der Waals surface area contributed by atoms with Crippen LogP contribution in [0.1, 0.15) is 6.92 Å². The largest absolute Gasteiger partial charge is 0.460 e. The third kappa shape index (κ3) is 3.10. The summed E-state index contributed by atoms with van der Waals surface area (Å²) in [6.45, 7) is 1.73. The Balaban J connectivity index is 3.74. The first-order valence-corrected chi connectivity index (χ1v) is 3.31. The highest BCUT2D eigenvalue weighted by atomic mass is 32.2. The van der Waals surface area contributed by atoms with Crippen molar-refractivity contribution in [3.8, 4) is 5.40 Å². The van der Waals surface area contributed by atoms with Crippen molar-refractivity contribution >= 4 is 22.8 Å². The van der Waals surface area contributed by atoms with E-state index in [1.54, 1.807) is 6.92 Å². The zero-order valence-corrected chi connectivity index (χ0v) is 6.10. The van der Waals surface area contributed by atoms with E-state index in [1.807, 2.05) is 0 Å². The Bertz CT molecular complexity index is 184. The van der Waals surface area contributed by atoms with Crippen molar-refractivity contribution in [2.24, 2.45) is 0 Å². The van der Waals surface area contributed by atoms with Gasteiger partial charge in [0.15, 0.2) is 0 Å². The number of ether oxygens (including phenoxy) is 1. The molecule has 0 aliphatic rings. The lowest BCUT2D eigenvalue weighted by atomic mass is 10.7. The van der Waals surface area contributed by atoms with E-state index >= 15 is 0 Å². The number of thioether (sulfide) groups is 1. The molecule has 0 aliphatic carbocycles. The van der Waals surface area contributed by atoms with Gasteiger partial charge in [0, 0.05) is 11.8 Å². The van der Waals surface area contributed by atoms with E-state index in [4.69, 9.17) is 5.26 Å². The highest BCUT2D eigenvalue weighted by Gasteiger charge is 2.14. The fraction of sp³-hybridized carbons (Fsp3) is 0.400. The number of hydrogen-bond acceptors (Lipinski definition) is 5. The highest BCUT2D eigenvalue weighted by Crippen LogP contribution is 1.99. The number of hydrogen-bond donors (Lipinski definition) is 0. The minimum absolute atomic E-state index is 0.149. The molecular formula is C5H5NO3S. The summed E-state index contributed by atoms with van der Waals surface area (Å²) in [5, 5.41) is 8.54. The normalized spacial score (nSPS) is 8.00. The van der Waals surface area contributed by atoms with Crippen molar-refractivity contribution in [3.63, 3.8) is 0 Å². The molecule has 4 nitrogen and oxygen atoms in total. The minimum Gasteiger partial charge on any atom is -0.460 e. The molecule has 0 heterocycles. The van der Waals surface area contributed by atoms with Crippen LogP contribution in [-0.4, -0.2) is 17.7 Å². The van der Waals surface area contributed by atoms with Crippen LogP contribution in [0.4, 0.5) is 0 Å². The number of esters is 1. The summed E-state index contributed by atoms with van der Waals surface area (Å²) in [6.07, 6.45) is 0. The fourth-order valence-corrected chi connectivity index (χ4v) is 0.498. The molecule has 0 rings (SSSR count). The maximum absolute atomic E-state index is 10.4. The van der Waals surface area contributed by atoms with Gasteiger partial charge in [0.05, 0.1) is 6.61 Å². The molecule has 0 amide bonds. The molecule has 0 saturated heterocycles. The summed E-state index contributed by atoms with van der Waals surface area (Å²) >= 11 is 0.271. The van der Waals surface area contributed by atoms with Crippen molar-refractivity contribution in [2.45, 2.75) is 6.92 Å². The van der Waals surface area contributed by atoms with E-state index in [1.165, 1.54) is 5.40 Å². The van der Waals surface area contributed by atoms with Crippen LogP contribution in [0, 0.1) is 10.7 Å². The van der Waals surface area contributed by atoms with Crippen molar-refractivity contribution in [3.05, 3.63) is 0 Å². The van der Waals surface area contributed by atoms with E-state index in [-0.39, 0.29) is 18.4 Å². The van der Waals surface area contributed by atoms with Crippen LogP contribution in [0.15, 0.2) is 0 Å². The molecule has 5 heteroatoms. The summed E-state index contributed by atoms with van der Waals surface area (Å²) in [7, 11) is 0. The van der Waals surface area contributed by atoms with Crippen LogP contribution >= 0.6 is 11.8 Å². The van der Waals surface area contributed by atoms with E-state index in [0.717, 1.165) is 0 Å². The van der Waals surface area contributed by atoms with Crippen LogP contribution in [0.3, 0.4) is 0 Å². The average molecular weight is 159 g/mol. The molecule has 0 aromatic rings. The highest BCUT2D eigenvalue weighted by molar-refractivity contribution is 8.19. The predicted molar refractivity (Wildman–Crippen MR) is 34.8 cm³/mol. The van der Waals surface area contributed by atoms with Crippen LogP contribution in [0.25, 0.3) is 0 Å². The molecule has 0 aliphatic heterocycles. The molecular weight excluding hydrogens is 154 g/mol. The first-order valence-electron chi connectivity index (χ1n) is 2.49. The van der Waals surface area contributed by atoms with Crippen molar-refractivity contribution in [1.82, 2.24) is 0 Å². The fourth-order valence-electron chi connectivity index (χ4n) is 0.273. The van der Waals surface area contributed by atoms with Gasteiger partial charge in [0.1, 0.15) is 5.40 Å². The second-order valence-electron chi connectivity index (χ2n) is 1.20. The maximum Gasteiger partial charge on any atom is 0.387 e. The number of carbonyl (C=O) groups is 2. The third-order valence-corrected chi connectivity index (χ3v) is 1.02. The predicted octanol–water partition coefficient (Wildman–Crippen LogP) is 0.290. The van der Waals surface area contributed by atoms with Gasteiger partial charge in [0.25, 0.3) is 0 Å². The van der Waals surface area contributed by atoms with Crippen molar-refractivity contribution < 1.29 is 14.3 Å². The molecule has 0 radical (unpaired) electrons. The summed E-state index contributed by atoms with van der Waals surface area (Å²) in [5.41, 5.74) is 0. The van der Waals surface area contributed by atoms with Crippen molar-refractivity contribution in [2.75, 3.05) is 6.61 Å². The molecule has 0 saturated carbocycles. The van der Waals surface area contributed by atoms with Gasteiger partial charge in [-0.1, -0.05) is 0 Å². The lowest BCUT2D eigenvalue weighted by Crippen LogP contribution is -2.12. The van der Waals surface area contributed by atoms with E-state index in [0.29, 0.717) is 0 Å². The molecule has 0 aromatic heterocycles. The molecule has 0 spiro atoms. The van der Waals surface area contributed by atoms with Crippen LogP contribution < -0.4 is 0 Å². The van der Waals surface area contributed by atoms with E-state index in [2.05, 4.69) is 4.74 Å². The second kappa shape index (κ2) is 4.82. The molecule has 0 atom stereocenters. The van der Waals surface area contributed by atoms with Gasteiger partial charge in [-0.2, -0.15) is 5.26 Å². The van der Waals surface area contributed by atoms with Crippen LogP contribution in [0.5, 0.6) is 0 Å². The number of rotatable bonds is 1. The van der Waals surface area contributed by atoms with E-state index < -0.39 is 11.1 Å². The van der Waals surface area contributed by atoms with Gasteiger partial charge < -0.3 is 4.74 Å². The smallest absolute Gasteiger partial charge is 0.387 e. The number of thiocyanates is 1. The van der Waals surface area contributed by atoms with Gasteiger partial charge in [-0.25, -0.2) is 4.79 Å². The lowest BCUT2D eigenvalue weighted by molar-refractivity contribution is -0.149. The molecule has 0 N–H and O–H groups in total.